The predicted molar refractivity (Wildman–Crippen MR) is 49.3 cm³/mol. The number of nitrogens with one attached hydrogen (secondary N) is 1. The SMILES string of the molecule is C/C=C(\NC(=O)C1CC12CC2)C(=O)O. The number of carbonyl (C=O) groups is 2. The van der Waals surface area contributed by atoms with Crippen LogP contribution in [0.3, 0.4) is 0 Å². The van der Waals surface area contributed by atoms with Crippen molar-refractivity contribution in [2.75, 3.05) is 0 Å². The molecule has 1 unspecified atom stereocenters. The monoisotopic (exact) mass is 195 g/mol. The minimum Gasteiger partial charge on any atom is -0.477 e. The van der Waals surface area contributed by atoms with Crippen molar-refractivity contribution < 1.29 is 14.7 Å². The van der Waals surface area contributed by atoms with E-state index in [1.54, 1.807) is 6.92 Å². The molecule has 1 amide bonds. The Morgan fingerprint density at radius 1 is 1.50 bits per heavy atom. The summed E-state index contributed by atoms with van der Waals surface area (Å²) in [6.45, 7) is 1.60. The minimum atomic E-state index is -1.08. The van der Waals surface area contributed by atoms with E-state index in [0.29, 0.717) is 0 Å². The van der Waals surface area contributed by atoms with Crippen molar-refractivity contribution in [2.24, 2.45) is 11.3 Å². The Hall–Kier alpha value is -1.32. The zero-order chi connectivity index (χ0) is 10.3. The van der Waals surface area contributed by atoms with Gasteiger partial charge < -0.3 is 10.4 Å². The highest BCUT2D eigenvalue weighted by atomic mass is 16.4. The number of carboxylic acid groups (broad SMARTS) is 1. The number of rotatable bonds is 3. The summed E-state index contributed by atoms with van der Waals surface area (Å²) < 4.78 is 0. The van der Waals surface area contributed by atoms with Crippen LogP contribution < -0.4 is 5.32 Å². The van der Waals surface area contributed by atoms with Gasteiger partial charge in [0.2, 0.25) is 5.91 Å². The standard InChI is InChI=1S/C10H13NO3/c1-2-7(9(13)14)11-8(12)6-5-10(6)3-4-10/h2,6H,3-5H2,1H3,(H,11,12)(H,13,14)/b7-2-. The number of carboxylic acids is 1. The quantitative estimate of drug-likeness (QED) is 0.657. The van der Waals surface area contributed by atoms with Crippen LogP contribution in [0.5, 0.6) is 0 Å². The van der Waals surface area contributed by atoms with E-state index < -0.39 is 5.97 Å². The molecule has 4 nitrogen and oxygen atoms in total. The van der Waals surface area contributed by atoms with Crippen molar-refractivity contribution >= 4 is 11.9 Å². The molecule has 1 atom stereocenters. The van der Waals surface area contributed by atoms with E-state index in [1.165, 1.54) is 6.08 Å². The molecule has 2 aliphatic carbocycles. The average Bonchev–Trinajstić information content (AvgIpc) is 3.03. The van der Waals surface area contributed by atoms with E-state index in [0.717, 1.165) is 19.3 Å². The summed E-state index contributed by atoms with van der Waals surface area (Å²) in [7, 11) is 0. The maximum absolute atomic E-state index is 11.5. The Morgan fingerprint density at radius 2 is 2.14 bits per heavy atom. The summed E-state index contributed by atoms with van der Waals surface area (Å²) >= 11 is 0. The van der Waals surface area contributed by atoms with Crippen LogP contribution >= 0.6 is 0 Å². The molecule has 14 heavy (non-hydrogen) atoms. The lowest BCUT2D eigenvalue weighted by molar-refractivity contribution is -0.134. The maximum Gasteiger partial charge on any atom is 0.352 e. The number of allylic oxidation sites excluding steroid dienone is 1. The van der Waals surface area contributed by atoms with Crippen molar-refractivity contribution in [3.63, 3.8) is 0 Å². The second-order valence-corrected chi connectivity index (χ2v) is 4.12. The molecule has 0 aromatic heterocycles. The summed E-state index contributed by atoms with van der Waals surface area (Å²) in [5, 5.41) is 11.1. The summed E-state index contributed by atoms with van der Waals surface area (Å²) in [6.07, 6.45) is 4.60. The lowest BCUT2D eigenvalue weighted by atomic mass is 10.2. The topological polar surface area (TPSA) is 66.4 Å². The third-order valence-corrected chi connectivity index (χ3v) is 3.18. The van der Waals surface area contributed by atoms with Crippen LogP contribution in [0.2, 0.25) is 0 Å². The van der Waals surface area contributed by atoms with Gasteiger partial charge in [0.1, 0.15) is 5.70 Å². The highest BCUT2D eigenvalue weighted by Gasteiger charge is 2.65. The Balaban J connectivity index is 1.91. The zero-order valence-corrected chi connectivity index (χ0v) is 8.04. The molecule has 0 saturated heterocycles. The van der Waals surface area contributed by atoms with Gasteiger partial charge in [-0.1, -0.05) is 6.08 Å². The van der Waals surface area contributed by atoms with Crippen molar-refractivity contribution in [1.29, 1.82) is 0 Å². The van der Waals surface area contributed by atoms with Gasteiger partial charge in [-0.25, -0.2) is 4.79 Å². The van der Waals surface area contributed by atoms with Gasteiger partial charge in [0.05, 0.1) is 0 Å². The Kier molecular flexibility index (Phi) is 1.87. The van der Waals surface area contributed by atoms with Crippen LogP contribution in [0, 0.1) is 11.3 Å². The molecule has 2 N–H and O–H groups in total. The summed E-state index contributed by atoms with van der Waals surface area (Å²) in [5.74, 6) is -1.14. The molecule has 0 heterocycles. The van der Waals surface area contributed by atoms with E-state index in [2.05, 4.69) is 5.32 Å². The van der Waals surface area contributed by atoms with Gasteiger partial charge in [0.25, 0.3) is 0 Å². The highest BCUT2D eigenvalue weighted by molar-refractivity contribution is 5.94. The first-order valence-corrected chi connectivity index (χ1v) is 4.79. The molecule has 4 heteroatoms. The van der Waals surface area contributed by atoms with Crippen molar-refractivity contribution in [3.05, 3.63) is 11.8 Å². The zero-order valence-electron chi connectivity index (χ0n) is 8.04. The van der Waals surface area contributed by atoms with Gasteiger partial charge in [-0.05, 0) is 31.6 Å². The molecular weight excluding hydrogens is 182 g/mol. The Morgan fingerprint density at radius 3 is 2.50 bits per heavy atom. The van der Waals surface area contributed by atoms with Crippen LogP contribution in [0.1, 0.15) is 26.2 Å². The number of aliphatic carboxylic acids is 1. The molecular formula is C10H13NO3. The van der Waals surface area contributed by atoms with Gasteiger partial charge in [-0.3, -0.25) is 4.79 Å². The molecule has 0 bridgehead atoms. The van der Waals surface area contributed by atoms with Gasteiger partial charge in [0, 0.05) is 5.92 Å². The van der Waals surface area contributed by atoms with E-state index in [9.17, 15) is 9.59 Å². The maximum atomic E-state index is 11.5. The van der Waals surface area contributed by atoms with Crippen LogP contribution in [-0.2, 0) is 9.59 Å². The molecule has 0 aliphatic heterocycles. The molecule has 0 aromatic rings. The summed E-state index contributed by atoms with van der Waals surface area (Å²) in [6, 6.07) is 0. The van der Waals surface area contributed by atoms with Crippen LogP contribution in [0.25, 0.3) is 0 Å². The van der Waals surface area contributed by atoms with E-state index in [-0.39, 0.29) is 22.9 Å². The molecule has 2 aliphatic rings. The van der Waals surface area contributed by atoms with Gasteiger partial charge >= 0.3 is 5.97 Å². The van der Waals surface area contributed by atoms with Gasteiger partial charge in [-0.2, -0.15) is 0 Å². The lowest BCUT2D eigenvalue weighted by Crippen LogP contribution is -2.29. The molecule has 0 aromatic carbocycles. The average molecular weight is 195 g/mol. The third kappa shape index (κ3) is 1.41. The fourth-order valence-corrected chi connectivity index (χ4v) is 1.90. The third-order valence-electron chi connectivity index (χ3n) is 3.18. The smallest absolute Gasteiger partial charge is 0.352 e. The second-order valence-electron chi connectivity index (χ2n) is 4.12. The lowest BCUT2D eigenvalue weighted by Gasteiger charge is -2.03. The van der Waals surface area contributed by atoms with E-state index in [4.69, 9.17) is 5.11 Å². The normalized spacial score (nSPS) is 27.2. The Labute approximate surface area is 82.0 Å². The minimum absolute atomic E-state index is 0.0160. The first-order chi connectivity index (χ1) is 6.59. The van der Waals surface area contributed by atoms with Crippen LogP contribution in [0.15, 0.2) is 11.8 Å². The molecule has 76 valence electrons. The fourth-order valence-electron chi connectivity index (χ4n) is 1.90. The molecule has 1 spiro atoms. The van der Waals surface area contributed by atoms with Crippen molar-refractivity contribution in [2.45, 2.75) is 26.2 Å². The van der Waals surface area contributed by atoms with Gasteiger partial charge in [0.15, 0.2) is 0 Å². The van der Waals surface area contributed by atoms with E-state index in [1.807, 2.05) is 0 Å². The molecule has 2 fully saturated rings. The number of carbonyl (C=O) groups excluding carboxylic acids is 1. The molecule has 2 rings (SSSR count). The molecule has 2 saturated carbocycles. The number of amides is 1. The Bertz CT molecular complexity index is 328. The van der Waals surface area contributed by atoms with E-state index >= 15 is 0 Å². The van der Waals surface area contributed by atoms with Crippen molar-refractivity contribution in [3.8, 4) is 0 Å². The number of hydrogen-bond donors (Lipinski definition) is 2. The van der Waals surface area contributed by atoms with Crippen LogP contribution in [-0.4, -0.2) is 17.0 Å². The first kappa shape index (κ1) is 9.24. The number of hydrogen-bond acceptors (Lipinski definition) is 2. The second kappa shape index (κ2) is 2.83. The largest absolute Gasteiger partial charge is 0.477 e. The highest BCUT2D eigenvalue weighted by Crippen LogP contribution is 2.70. The van der Waals surface area contributed by atoms with Gasteiger partial charge in [-0.15, -0.1) is 0 Å². The molecule has 0 radical (unpaired) electrons. The van der Waals surface area contributed by atoms with Crippen LogP contribution in [0.4, 0.5) is 0 Å². The van der Waals surface area contributed by atoms with Crippen molar-refractivity contribution in [1.82, 2.24) is 5.32 Å². The summed E-state index contributed by atoms with van der Waals surface area (Å²) in [4.78, 5) is 22.1. The summed E-state index contributed by atoms with van der Waals surface area (Å²) in [5.41, 5.74) is 0.263. The predicted octanol–water partition coefficient (Wildman–Crippen LogP) is 0.891. The fraction of sp³-hybridized carbons (Fsp3) is 0.600. The first-order valence-electron chi connectivity index (χ1n) is 4.79.